The predicted octanol–water partition coefficient (Wildman–Crippen LogP) is 2.88. The molecule has 0 aromatic heterocycles. The molecule has 7 heteroatoms. The molecule has 3 fully saturated rings. The number of rotatable bonds is 3. The molecule has 0 radical (unpaired) electrons. The number of anilines is 1. The van der Waals surface area contributed by atoms with Crippen LogP contribution in [-0.2, 0) is 9.59 Å². The molecular weight excluding hydrogens is 378 g/mol. The SMILES string of the molecule is COc1ccc([C@H]2[C@@H]3C(=O)N(c4ccc(Cl)cc4)C(=O)[C@@H]3N3CCCN23)cc1. The van der Waals surface area contributed by atoms with Crippen molar-refractivity contribution in [3.05, 3.63) is 59.1 Å². The Morgan fingerprint density at radius 2 is 1.54 bits per heavy atom. The monoisotopic (exact) mass is 397 g/mol. The Kier molecular flexibility index (Phi) is 4.16. The number of nitrogens with zero attached hydrogens (tertiary/aromatic N) is 3. The van der Waals surface area contributed by atoms with Crippen LogP contribution in [-0.4, -0.2) is 48.1 Å². The van der Waals surface area contributed by atoms with Crippen LogP contribution in [0.5, 0.6) is 5.75 Å². The van der Waals surface area contributed by atoms with Crippen LogP contribution in [0.4, 0.5) is 5.69 Å². The first kappa shape index (κ1) is 17.7. The fourth-order valence-electron chi connectivity index (χ4n) is 4.76. The molecule has 3 heterocycles. The summed E-state index contributed by atoms with van der Waals surface area (Å²) in [7, 11) is 1.63. The summed E-state index contributed by atoms with van der Waals surface area (Å²) in [5.74, 6) is 0.0536. The molecule has 3 saturated heterocycles. The average Bonchev–Trinajstić information content (AvgIpc) is 3.35. The number of fused-ring (bicyclic) bond motifs is 3. The maximum Gasteiger partial charge on any atom is 0.253 e. The molecule has 0 aliphatic carbocycles. The third kappa shape index (κ3) is 2.49. The Labute approximate surface area is 168 Å². The third-order valence-corrected chi connectivity index (χ3v) is 6.20. The standard InChI is InChI=1S/C21H20ClN3O3/c1-28-16-9-3-13(4-10-16)18-17-19(24-12-2-11-23(18)24)21(27)25(20(17)26)15-7-5-14(22)6-8-15/h3-10,17-19H,2,11-12H2,1H3/t17-,18-,19+/m0/s1. The number of halogens is 1. The molecule has 3 aliphatic heterocycles. The van der Waals surface area contributed by atoms with Gasteiger partial charge < -0.3 is 4.74 Å². The van der Waals surface area contributed by atoms with Gasteiger partial charge in [-0.2, -0.15) is 0 Å². The zero-order valence-corrected chi connectivity index (χ0v) is 16.2. The van der Waals surface area contributed by atoms with E-state index >= 15 is 0 Å². The van der Waals surface area contributed by atoms with Crippen molar-refractivity contribution in [3.63, 3.8) is 0 Å². The van der Waals surface area contributed by atoms with Gasteiger partial charge in [-0.1, -0.05) is 23.7 Å². The van der Waals surface area contributed by atoms with Crippen molar-refractivity contribution in [2.45, 2.75) is 18.5 Å². The highest BCUT2D eigenvalue weighted by molar-refractivity contribution is 6.31. The minimum Gasteiger partial charge on any atom is -0.497 e. The number of carbonyl (C=O) groups excluding carboxylic acids is 2. The van der Waals surface area contributed by atoms with Crippen LogP contribution in [0.1, 0.15) is 18.0 Å². The summed E-state index contributed by atoms with van der Waals surface area (Å²) in [6.07, 6.45) is 0.984. The maximum atomic E-state index is 13.4. The molecule has 144 valence electrons. The van der Waals surface area contributed by atoms with E-state index < -0.39 is 12.0 Å². The Morgan fingerprint density at radius 3 is 2.18 bits per heavy atom. The lowest BCUT2D eigenvalue weighted by molar-refractivity contribution is -0.126. The molecule has 28 heavy (non-hydrogen) atoms. The molecule has 2 aromatic rings. The van der Waals surface area contributed by atoms with Crippen LogP contribution in [0.2, 0.25) is 5.02 Å². The fraction of sp³-hybridized carbons (Fsp3) is 0.333. The number of amides is 2. The van der Waals surface area contributed by atoms with Gasteiger partial charge >= 0.3 is 0 Å². The summed E-state index contributed by atoms with van der Waals surface area (Å²) in [4.78, 5) is 28.0. The molecule has 2 aromatic carbocycles. The van der Waals surface area contributed by atoms with Crippen LogP contribution >= 0.6 is 11.6 Å². The Balaban J connectivity index is 1.55. The van der Waals surface area contributed by atoms with Gasteiger partial charge in [-0.15, -0.1) is 0 Å². The zero-order valence-electron chi connectivity index (χ0n) is 15.4. The second kappa shape index (κ2) is 6.58. The van der Waals surface area contributed by atoms with Crippen molar-refractivity contribution >= 4 is 29.1 Å². The van der Waals surface area contributed by atoms with E-state index in [1.165, 1.54) is 4.90 Å². The van der Waals surface area contributed by atoms with E-state index in [0.717, 1.165) is 30.8 Å². The zero-order chi connectivity index (χ0) is 19.4. The second-order valence-electron chi connectivity index (χ2n) is 7.36. The van der Waals surface area contributed by atoms with Gasteiger partial charge in [-0.25, -0.2) is 14.9 Å². The average molecular weight is 398 g/mol. The van der Waals surface area contributed by atoms with Crippen molar-refractivity contribution in [1.82, 2.24) is 10.0 Å². The van der Waals surface area contributed by atoms with Crippen LogP contribution in [0.15, 0.2) is 48.5 Å². The molecular formula is C21H20ClN3O3. The van der Waals surface area contributed by atoms with Gasteiger partial charge in [-0.3, -0.25) is 9.59 Å². The summed E-state index contributed by atoms with van der Waals surface area (Å²) < 4.78 is 5.26. The first-order chi connectivity index (χ1) is 13.6. The molecule has 0 bridgehead atoms. The number of hydrogen-bond acceptors (Lipinski definition) is 5. The van der Waals surface area contributed by atoms with Gasteiger partial charge in [0, 0.05) is 18.1 Å². The molecule has 0 spiro atoms. The minimum atomic E-state index is -0.447. The number of benzene rings is 2. The van der Waals surface area contributed by atoms with E-state index in [4.69, 9.17) is 16.3 Å². The summed E-state index contributed by atoms with van der Waals surface area (Å²) in [6.45, 7) is 1.65. The van der Waals surface area contributed by atoms with E-state index in [0.29, 0.717) is 10.7 Å². The van der Waals surface area contributed by atoms with Gasteiger partial charge in [0.25, 0.3) is 5.91 Å². The normalized spacial score (nSPS) is 27.4. The highest BCUT2D eigenvalue weighted by atomic mass is 35.5. The summed E-state index contributed by atoms with van der Waals surface area (Å²) in [5.41, 5.74) is 1.60. The van der Waals surface area contributed by atoms with Crippen molar-refractivity contribution in [1.29, 1.82) is 0 Å². The summed E-state index contributed by atoms with van der Waals surface area (Å²) in [6, 6.07) is 14.1. The maximum absolute atomic E-state index is 13.4. The first-order valence-electron chi connectivity index (χ1n) is 9.40. The predicted molar refractivity (Wildman–Crippen MR) is 105 cm³/mol. The van der Waals surface area contributed by atoms with Crippen molar-refractivity contribution < 1.29 is 14.3 Å². The number of methoxy groups -OCH3 is 1. The van der Waals surface area contributed by atoms with Crippen LogP contribution in [0.25, 0.3) is 0 Å². The largest absolute Gasteiger partial charge is 0.497 e. The fourth-order valence-corrected chi connectivity index (χ4v) is 4.89. The quantitative estimate of drug-likeness (QED) is 0.745. The molecule has 0 saturated carbocycles. The van der Waals surface area contributed by atoms with Gasteiger partial charge in [0.1, 0.15) is 11.8 Å². The van der Waals surface area contributed by atoms with Gasteiger partial charge in [0.2, 0.25) is 5.91 Å². The highest BCUT2D eigenvalue weighted by Crippen LogP contribution is 2.49. The van der Waals surface area contributed by atoms with Crippen molar-refractivity contribution in [2.24, 2.45) is 5.92 Å². The van der Waals surface area contributed by atoms with Crippen LogP contribution in [0, 0.1) is 5.92 Å². The molecule has 0 unspecified atom stereocenters. The Morgan fingerprint density at radius 1 is 0.893 bits per heavy atom. The molecule has 6 nitrogen and oxygen atoms in total. The number of ether oxygens (including phenoxy) is 1. The molecule has 5 rings (SSSR count). The lowest BCUT2D eigenvalue weighted by atomic mass is 9.90. The minimum absolute atomic E-state index is 0.146. The number of imide groups is 1. The molecule has 0 N–H and O–H groups in total. The second-order valence-corrected chi connectivity index (χ2v) is 7.79. The van der Waals surface area contributed by atoms with Crippen molar-refractivity contribution in [2.75, 3.05) is 25.1 Å². The Hall–Kier alpha value is -2.41. The number of hydrazine groups is 1. The Bertz CT molecular complexity index is 931. The highest BCUT2D eigenvalue weighted by Gasteiger charge is 2.62. The van der Waals surface area contributed by atoms with E-state index in [-0.39, 0.29) is 17.9 Å². The topological polar surface area (TPSA) is 53.1 Å². The van der Waals surface area contributed by atoms with Gasteiger partial charge in [-0.05, 0) is 48.4 Å². The van der Waals surface area contributed by atoms with Gasteiger partial charge in [0.05, 0.1) is 24.8 Å². The van der Waals surface area contributed by atoms with Crippen LogP contribution in [0.3, 0.4) is 0 Å². The van der Waals surface area contributed by atoms with E-state index in [9.17, 15) is 9.59 Å². The molecule has 2 amide bonds. The first-order valence-corrected chi connectivity index (χ1v) is 9.78. The smallest absolute Gasteiger partial charge is 0.253 e. The lowest BCUT2D eigenvalue weighted by Gasteiger charge is -2.29. The number of carbonyl (C=O) groups is 2. The number of hydrogen-bond donors (Lipinski definition) is 0. The van der Waals surface area contributed by atoms with E-state index in [1.54, 1.807) is 31.4 Å². The third-order valence-electron chi connectivity index (χ3n) is 5.95. The van der Waals surface area contributed by atoms with E-state index in [1.807, 2.05) is 24.3 Å². The summed E-state index contributed by atoms with van der Waals surface area (Å²) in [5, 5.41) is 4.87. The summed E-state index contributed by atoms with van der Waals surface area (Å²) >= 11 is 5.97. The van der Waals surface area contributed by atoms with E-state index in [2.05, 4.69) is 10.0 Å². The van der Waals surface area contributed by atoms with Gasteiger partial charge in [0.15, 0.2) is 0 Å². The molecule has 3 atom stereocenters. The molecule has 3 aliphatic rings. The van der Waals surface area contributed by atoms with Crippen LogP contribution < -0.4 is 9.64 Å². The lowest BCUT2D eigenvalue weighted by Crippen LogP contribution is -2.44. The van der Waals surface area contributed by atoms with Crippen molar-refractivity contribution in [3.8, 4) is 5.75 Å².